The van der Waals surface area contributed by atoms with Crippen LogP contribution >= 0.6 is 0 Å². The molecule has 1 amide bonds. The Bertz CT molecular complexity index is 811. The van der Waals surface area contributed by atoms with Crippen LogP contribution in [0.3, 0.4) is 0 Å². The molecule has 2 N–H and O–H groups in total. The number of ether oxygens (including phenoxy) is 1. The van der Waals surface area contributed by atoms with Gasteiger partial charge in [-0.15, -0.1) is 0 Å². The molecule has 2 rings (SSSR count). The van der Waals surface area contributed by atoms with E-state index in [4.69, 9.17) is 4.74 Å². The van der Waals surface area contributed by atoms with Crippen molar-refractivity contribution in [3.63, 3.8) is 0 Å². The first-order valence-corrected chi connectivity index (χ1v) is 9.95. The first-order valence-electron chi connectivity index (χ1n) is 8.51. The van der Waals surface area contributed by atoms with Gasteiger partial charge in [0.25, 0.3) is 0 Å². The highest BCUT2D eigenvalue weighted by atomic mass is 32.2. The minimum absolute atomic E-state index is 0.0476. The number of hydrogen-bond donors (Lipinski definition) is 2. The molecule has 0 spiro atoms. The second-order valence-electron chi connectivity index (χ2n) is 7.08. The van der Waals surface area contributed by atoms with Gasteiger partial charge < -0.3 is 15.2 Å². The molecule has 10 heteroatoms. The number of carbonyl (C=O) groups excluding carboxylic acids is 1. The lowest BCUT2D eigenvalue weighted by Gasteiger charge is -2.58. The van der Waals surface area contributed by atoms with Gasteiger partial charge in [0, 0.05) is 37.9 Å². The number of sulfonamides is 1. The summed E-state index contributed by atoms with van der Waals surface area (Å²) in [7, 11) is -2.65. The van der Waals surface area contributed by atoms with Crippen molar-refractivity contribution in [2.24, 2.45) is 5.41 Å². The van der Waals surface area contributed by atoms with Crippen LogP contribution in [-0.2, 0) is 24.3 Å². The number of nitrogens with one attached hydrogen (secondary N) is 1. The molecule has 0 saturated heterocycles. The smallest absolute Gasteiger partial charge is 0.330 e. The maximum Gasteiger partial charge on any atom is 0.330 e. The van der Waals surface area contributed by atoms with Crippen molar-refractivity contribution in [3.05, 3.63) is 24.5 Å². The maximum absolute atomic E-state index is 12.5. The maximum atomic E-state index is 12.5. The Kier molecular flexibility index (Phi) is 5.93. The molecule has 0 aromatic carbocycles. The fourth-order valence-corrected chi connectivity index (χ4v) is 4.37. The number of carboxylic acid groups (broad SMARTS) is 1. The minimum Gasteiger partial charge on any atom is -0.479 e. The van der Waals surface area contributed by atoms with Crippen molar-refractivity contribution in [1.29, 1.82) is 0 Å². The van der Waals surface area contributed by atoms with Gasteiger partial charge in [-0.05, 0) is 19.1 Å². The van der Waals surface area contributed by atoms with E-state index in [0.29, 0.717) is 6.61 Å². The summed E-state index contributed by atoms with van der Waals surface area (Å²) < 4.78 is 31.4. The Labute approximate surface area is 158 Å². The molecule has 1 aliphatic rings. The van der Waals surface area contributed by atoms with Gasteiger partial charge in [0.2, 0.25) is 15.9 Å². The van der Waals surface area contributed by atoms with E-state index in [9.17, 15) is 23.1 Å². The Morgan fingerprint density at radius 2 is 2.11 bits per heavy atom. The number of aliphatic carboxylic acids is 1. The van der Waals surface area contributed by atoms with E-state index < -0.39 is 39.4 Å². The van der Waals surface area contributed by atoms with Gasteiger partial charge in [0.05, 0.1) is 12.6 Å². The number of nitrogens with zero attached hydrogens (tertiary/aromatic N) is 2. The van der Waals surface area contributed by atoms with Crippen LogP contribution in [0.25, 0.3) is 0 Å². The Morgan fingerprint density at radius 3 is 2.59 bits per heavy atom. The summed E-state index contributed by atoms with van der Waals surface area (Å²) in [6.07, 6.45) is 2.43. The molecule has 9 nitrogen and oxygen atoms in total. The lowest BCUT2D eigenvalue weighted by molar-refractivity contribution is -0.194. The number of likely N-dealkylation sites (N-methyl/N-ethyl adjacent to an activating group) is 1. The van der Waals surface area contributed by atoms with Crippen LogP contribution in [0.2, 0.25) is 0 Å². The molecule has 1 aromatic heterocycles. The molecule has 1 fully saturated rings. The molecular weight excluding hydrogens is 374 g/mol. The Morgan fingerprint density at radius 1 is 1.44 bits per heavy atom. The average Bonchev–Trinajstić information content (AvgIpc) is 2.60. The number of rotatable bonds is 8. The van der Waals surface area contributed by atoms with Crippen LogP contribution in [0, 0.1) is 5.41 Å². The average molecular weight is 399 g/mol. The van der Waals surface area contributed by atoms with Crippen LogP contribution < -0.4 is 5.32 Å². The third-order valence-corrected chi connectivity index (χ3v) is 6.98. The van der Waals surface area contributed by atoms with E-state index in [1.165, 1.54) is 31.6 Å². The van der Waals surface area contributed by atoms with Crippen LogP contribution in [0.1, 0.15) is 27.2 Å². The highest BCUT2D eigenvalue weighted by molar-refractivity contribution is 7.89. The number of carboxylic acids is 1. The van der Waals surface area contributed by atoms with Crippen LogP contribution in [0.5, 0.6) is 0 Å². The molecule has 0 bridgehead atoms. The van der Waals surface area contributed by atoms with E-state index in [0.717, 1.165) is 4.31 Å². The first kappa shape index (κ1) is 21.3. The summed E-state index contributed by atoms with van der Waals surface area (Å²) >= 11 is 0. The van der Waals surface area contributed by atoms with Gasteiger partial charge in [0.15, 0.2) is 0 Å². The molecule has 0 aliphatic heterocycles. The summed E-state index contributed by atoms with van der Waals surface area (Å²) in [5.74, 6) is -1.87. The first-order chi connectivity index (χ1) is 12.5. The Balaban J connectivity index is 2.13. The fourth-order valence-electron chi connectivity index (χ4n) is 3.28. The van der Waals surface area contributed by atoms with Crippen molar-refractivity contribution in [1.82, 2.24) is 14.6 Å². The van der Waals surface area contributed by atoms with Crippen molar-refractivity contribution in [2.45, 2.75) is 43.7 Å². The molecule has 0 radical (unpaired) electrons. The molecule has 150 valence electrons. The lowest BCUT2D eigenvalue weighted by atomic mass is 9.54. The van der Waals surface area contributed by atoms with Crippen molar-refractivity contribution in [3.8, 4) is 0 Å². The molecule has 1 aliphatic carbocycles. The molecule has 1 saturated carbocycles. The molecular formula is C17H25N3O6S. The molecule has 2 unspecified atom stereocenters. The zero-order valence-corrected chi connectivity index (χ0v) is 16.6. The van der Waals surface area contributed by atoms with E-state index in [1.54, 1.807) is 13.8 Å². The molecule has 1 heterocycles. The minimum atomic E-state index is -3.91. The van der Waals surface area contributed by atoms with Crippen LogP contribution in [-0.4, -0.2) is 66.5 Å². The third-order valence-electron chi connectivity index (χ3n) is 5.19. The highest BCUT2D eigenvalue weighted by Gasteiger charge is 2.66. The van der Waals surface area contributed by atoms with Crippen LogP contribution in [0.15, 0.2) is 29.4 Å². The predicted octanol–water partition coefficient (Wildman–Crippen LogP) is 0.477. The third kappa shape index (κ3) is 3.69. The topological polar surface area (TPSA) is 126 Å². The highest BCUT2D eigenvalue weighted by Crippen LogP contribution is 2.51. The van der Waals surface area contributed by atoms with Gasteiger partial charge in [-0.2, -0.15) is 4.31 Å². The van der Waals surface area contributed by atoms with Crippen molar-refractivity contribution in [2.75, 3.05) is 20.2 Å². The van der Waals surface area contributed by atoms with Crippen molar-refractivity contribution >= 4 is 21.9 Å². The zero-order chi connectivity index (χ0) is 20.5. The van der Waals surface area contributed by atoms with Gasteiger partial charge in [0.1, 0.15) is 10.4 Å². The molecule has 2 atom stereocenters. The van der Waals surface area contributed by atoms with Crippen LogP contribution in [0.4, 0.5) is 0 Å². The van der Waals surface area contributed by atoms with Gasteiger partial charge in [-0.3, -0.25) is 9.78 Å². The SMILES string of the molecule is CCOC1CC(NC(=O)CN(C)S(=O)(=O)c2cccnc2)(C(=O)O)C1(C)C. The summed E-state index contributed by atoms with van der Waals surface area (Å²) in [6.45, 7) is 5.15. The predicted molar refractivity (Wildman–Crippen MR) is 96.4 cm³/mol. The number of hydrogen-bond acceptors (Lipinski definition) is 6. The number of pyridine rings is 1. The Hall–Kier alpha value is -2.04. The van der Waals surface area contributed by atoms with Gasteiger partial charge in [-0.1, -0.05) is 13.8 Å². The lowest BCUT2D eigenvalue weighted by Crippen LogP contribution is -2.76. The molecule has 1 aromatic rings. The second-order valence-corrected chi connectivity index (χ2v) is 9.12. The number of carbonyl (C=O) groups is 2. The zero-order valence-electron chi connectivity index (χ0n) is 15.8. The standard InChI is InChI=1S/C17H25N3O6S/c1-5-26-13-9-17(15(22)23,16(13,2)3)19-14(21)11-20(4)27(24,25)12-7-6-8-18-10-12/h6-8,10,13H,5,9,11H2,1-4H3,(H,19,21)(H,22,23). The quantitative estimate of drug-likeness (QED) is 0.651. The van der Waals surface area contributed by atoms with Gasteiger partial charge in [-0.25, -0.2) is 13.2 Å². The van der Waals surface area contributed by atoms with E-state index in [1.807, 2.05) is 6.92 Å². The van der Waals surface area contributed by atoms with Crippen molar-refractivity contribution < 1.29 is 27.9 Å². The number of amides is 1. The summed E-state index contributed by atoms with van der Waals surface area (Å²) in [5, 5.41) is 12.2. The summed E-state index contributed by atoms with van der Waals surface area (Å²) in [6, 6.07) is 2.85. The summed E-state index contributed by atoms with van der Waals surface area (Å²) in [5.41, 5.74) is -2.35. The molecule has 27 heavy (non-hydrogen) atoms. The van der Waals surface area contributed by atoms with E-state index >= 15 is 0 Å². The number of aromatic nitrogens is 1. The fraction of sp³-hybridized carbons (Fsp3) is 0.588. The van der Waals surface area contributed by atoms with Gasteiger partial charge >= 0.3 is 5.97 Å². The second kappa shape index (κ2) is 7.53. The van der Waals surface area contributed by atoms with E-state index in [-0.39, 0.29) is 17.4 Å². The largest absolute Gasteiger partial charge is 0.479 e. The van der Waals surface area contributed by atoms with E-state index in [2.05, 4.69) is 10.3 Å². The normalized spacial score (nSPS) is 24.3. The summed E-state index contributed by atoms with van der Waals surface area (Å²) in [4.78, 5) is 28.1. The monoisotopic (exact) mass is 399 g/mol.